The Bertz CT molecular complexity index is 1100. The van der Waals surface area contributed by atoms with Crippen LogP contribution in [-0.2, 0) is 6.42 Å². The highest BCUT2D eigenvalue weighted by Gasteiger charge is 2.20. The van der Waals surface area contributed by atoms with Crippen molar-refractivity contribution in [1.29, 1.82) is 0 Å². The van der Waals surface area contributed by atoms with Crippen molar-refractivity contribution in [3.05, 3.63) is 82.3 Å². The number of fused-ring (bicyclic) bond motifs is 1. The van der Waals surface area contributed by atoms with Crippen LogP contribution in [0.4, 0.5) is 0 Å². The minimum atomic E-state index is 0.151. The highest BCUT2D eigenvalue weighted by atomic mass is 35.5. The van der Waals surface area contributed by atoms with E-state index in [4.69, 9.17) is 11.6 Å². The number of ketones is 1. The molecule has 1 atom stereocenters. The van der Waals surface area contributed by atoms with Gasteiger partial charge < -0.3 is 0 Å². The summed E-state index contributed by atoms with van der Waals surface area (Å²) in [5.41, 5.74) is 3.13. The molecule has 1 unspecified atom stereocenters. The number of halogens is 1. The Morgan fingerprint density at radius 1 is 1.04 bits per heavy atom. The first-order valence-electron chi connectivity index (χ1n) is 8.63. The topological polar surface area (TPSA) is 30.0 Å². The molecule has 0 bridgehead atoms. The zero-order valence-corrected chi connectivity index (χ0v) is 17.2. The molecule has 0 N–H and O–H groups in total. The first-order valence-corrected chi connectivity index (χ1v) is 10.4. The van der Waals surface area contributed by atoms with Crippen molar-refractivity contribution in [2.45, 2.75) is 12.8 Å². The molecule has 0 aliphatic heterocycles. The number of thiophene rings is 1. The summed E-state index contributed by atoms with van der Waals surface area (Å²) in [6.07, 6.45) is 2.97. The van der Waals surface area contributed by atoms with Crippen molar-refractivity contribution in [3.63, 3.8) is 0 Å². The Morgan fingerprint density at radius 2 is 1.78 bits per heavy atom. The fourth-order valence-electron chi connectivity index (χ4n) is 3.09. The first kappa shape index (κ1) is 18.3. The summed E-state index contributed by atoms with van der Waals surface area (Å²) in [6.45, 7) is 0. The maximum Gasteiger partial charge on any atom is 0.173 e. The van der Waals surface area contributed by atoms with Gasteiger partial charge in [-0.2, -0.15) is 0 Å². The monoisotopic (exact) mass is 409 g/mol. The molecule has 0 saturated heterocycles. The molecule has 4 aromatic rings. The van der Waals surface area contributed by atoms with Gasteiger partial charge in [-0.1, -0.05) is 48.0 Å². The van der Waals surface area contributed by atoms with Gasteiger partial charge in [-0.3, -0.25) is 4.79 Å². The van der Waals surface area contributed by atoms with Gasteiger partial charge >= 0.3 is 0 Å². The van der Waals surface area contributed by atoms with E-state index in [1.54, 1.807) is 6.20 Å². The number of hydrogen-bond acceptors (Lipinski definition) is 3. The van der Waals surface area contributed by atoms with Gasteiger partial charge in [0, 0.05) is 28.6 Å². The Labute approximate surface area is 169 Å². The fourth-order valence-corrected chi connectivity index (χ4v) is 4.54. The van der Waals surface area contributed by atoms with Crippen LogP contribution < -0.4 is 5.30 Å². The second-order valence-electron chi connectivity index (χ2n) is 6.33. The van der Waals surface area contributed by atoms with Crippen molar-refractivity contribution >= 4 is 53.5 Å². The highest BCUT2D eigenvalue weighted by Crippen LogP contribution is 2.39. The normalized spacial score (nSPS) is 11.0. The molecule has 2 aromatic heterocycles. The molecule has 2 nitrogen and oxygen atoms in total. The molecule has 27 heavy (non-hydrogen) atoms. The summed E-state index contributed by atoms with van der Waals surface area (Å²) in [4.78, 5) is 19.2. The first-order chi connectivity index (χ1) is 13.1. The molecular weight excluding hydrogens is 393 g/mol. The van der Waals surface area contributed by atoms with E-state index in [1.165, 1.54) is 16.9 Å². The van der Waals surface area contributed by atoms with Gasteiger partial charge in [0.2, 0.25) is 0 Å². The molecule has 0 aliphatic rings. The van der Waals surface area contributed by atoms with Crippen LogP contribution in [-0.4, -0.2) is 10.8 Å². The second kappa shape index (κ2) is 7.90. The molecule has 0 aliphatic carbocycles. The molecule has 2 heterocycles. The van der Waals surface area contributed by atoms with E-state index < -0.39 is 0 Å². The summed E-state index contributed by atoms with van der Waals surface area (Å²) >= 11 is 7.52. The number of pyridine rings is 1. The van der Waals surface area contributed by atoms with E-state index >= 15 is 0 Å². The van der Waals surface area contributed by atoms with Crippen LogP contribution in [0.2, 0.25) is 5.02 Å². The van der Waals surface area contributed by atoms with Gasteiger partial charge in [-0.15, -0.1) is 20.6 Å². The standard InChI is InChI=1S/C22H17ClNOPS/c23-16-8-6-15(7-9-16)20-18-2-1-13-24-22(18)27-21(20)19(25)12-5-14-3-10-17(26)11-4-14/h1-4,6-11,13H,5,12,26H2. The second-order valence-corrected chi connectivity index (χ2v) is 8.44. The molecule has 134 valence electrons. The third-order valence-corrected chi connectivity index (χ3v) is 6.26. The quantitative estimate of drug-likeness (QED) is 0.302. The molecule has 0 radical (unpaired) electrons. The zero-order valence-electron chi connectivity index (χ0n) is 14.5. The van der Waals surface area contributed by atoms with Gasteiger partial charge in [0.05, 0.1) is 4.88 Å². The van der Waals surface area contributed by atoms with Crippen LogP contribution in [0.3, 0.4) is 0 Å². The number of hydrogen-bond donors (Lipinski definition) is 0. The molecule has 0 amide bonds. The third kappa shape index (κ3) is 3.96. The summed E-state index contributed by atoms with van der Waals surface area (Å²) in [5.74, 6) is 0.151. The van der Waals surface area contributed by atoms with Crippen LogP contribution >= 0.6 is 32.2 Å². The van der Waals surface area contributed by atoms with Gasteiger partial charge in [-0.25, -0.2) is 4.98 Å². The lowest BCUT2D eigenvalue weighted by atomic mass is 9.99. The number of aromatic nitrogens is 1. The number of benzene rings is 2. The molecule has 0 saturated carbocycles. The van der Waals surface area contributed by atoms with Crippen molar-refractivity contribution in [3.8, 4) is 11.1 Å². The molecule has 0 fully saturated rings. The van der Waals surface area contributed by atoms with Crippen LogP contribution in [0.1, 0.15) is 21.7 Å². The molecule has 5 heteroatoms. The van der Waals surface area contributed by atoms with Gasteiger partial charge in [0.15, 0.2) is 5.78 Å². The number of aryl methyl sites for hydroxylation is 1. The maximum absolute atomic E-state index is 13.1. The highest BCUT2D eigenvalue weighted by molar-refractivity contribution is 7.27. The summed E-state index contributed by atoms with van der Waals surface area (Å²) < 4.78 is 0. The molecule has 2 aromatic carbocycles. The predicted molar refractivity (Wildman–Crippen MR) is 119 cm³/mol. The lowest BCUT2D eigenvalue weighted by Crippen LogP contribution is -2.01. The Kier molecular flexibility index (Phi) is 5.36. The largest absolute Gasteiger partial charge is 0.293 e. The summed E-state index contributed by atoms with van der Waals surface area (Å²) in [6, 6.07) is 19.8. The smallest absolute Gasteiger partial charge is 0.173 e. The van der Waals surface area contributed by atoms with Crippen molar-refractivity contribution in [2.24, 2.45) is 0 Å². The van der Waals surface area contributed by atoms with Crippen molar-refractivity contribution in [1.82, 2.24) is 4.98 Å². The molecule has 4 rings (SSSR count). The van der Waals surface area contributed by atoms with Crippen LogP contribution in [0.25, 0.3) is 21.3 Å². The Morgan fingerprint density at radius 3 is 2.52 bits per heavy atom. The van der Waals surface area contributed by atoms with Crippen molar-refractivity contribution < 1.29 is 4.79 Å². The van der Waals surface area contributed by atoms with Crippen molar-refractivity contribution in [2.75, 3.05) is 0 Å². The minimum absolute atomic E-state index is 0.151. The Hall–Kier alpha value is -2.06. The average molecular weight is 410 g/mol. The molecule has 0 spiro atoms. The fraction of sp³-hybridized carbons (Fsp3) is 0.0909. The van der Waals surface area contributed by atoms with Gasteiger partial charge in [0.1, 0.15) is 4.83 Å². The van der Waals surface area contributed by atoms with Crippen LogP contribution in [0.15, 0.2) is 66.9 Å². The van der Waals surface area contributed by atoms with E-state index in [-0.39, 0.29) is 5.78 Å². The molecular formula is C22H17ClNOPS. The van der Waals surface area contributed by atoms with Crippen LogP contribution in [0.5, 0.6) is 0 Å². The van der Waals surface area contributed by atoms with Gasteiger partial charge in [0.25, 0.3) is 0 Å². The maximum atomic E-state index is 13.1. The van der Waals surface area contributed by atoms with E-state index in [0.717, 1.165) is 37.9 Å². The average Bonchev–Trinajstić information content (AvgIpc) is 3.08. The van der Waals surface area contributed by atoms with E-state index in [2.05, 4.69) is 26.4 Å². The third-order valence-electron chi connectivity index (χ3n) is 4.47. The van der Waals surface area contributed by atoms with E-state index in [1.807, 2.05) is 48.5 Å². The number of nitrogens with zero attached hydrogens (tertiary/aromatic N) is 1. The van der Waals surface area contributed by atoms with Crippen LogP contribution in [0, 0.1) is 0 Å². The van der Waals surface area contributed by atoms with E-state index in [9.17, 15) is 4.79 Å². The SMILES string of the molecule is O=C(CCc1ccc(P)cc1)c1sc2ncccc2c1-c1ccc(Cl)cc1. The number of carbonyl (C=O) groups is 1. The predicted octanol–water partition coefficient (Wildman–Crippen LogP) is 5.93. The minimum Gasteiger partial charge on any atom is -0.293 e. The summed E-state index contributed by atoms with van der Waals surface area (Å²) in [7, 11) is 2.68. The number of carbonyl (C=O) groups excluding carboxylic acids is 1. The zero-order chi connectivity index (χ0) is 18.8. The lowest BCUT2D eigenvalue weighted by Gasteiger charge is -2.06. The number of rotatable bonds is 5. The summed E-state index contributed by atoms with van der Waals surface area (Å²) in [5, 5.41) is 2.84. The van der Waals surface area contributed by atoms with Gasteiger partial charge in [-0.05, 0) is 47.1 Å². The lowest BCUT2D eigenvalue weighted by molar-refractivity contribution is 0.0987. The number of Topliss-reactive ketones (excluding diaryl/α,β-unsaturated/α-hetero) is 1. The van der Waals surface area contributed by atoms with E-state index in [0.29, 0.717) is 11.4 Å². The Balaban J connectivity index is 1.70.